The SMILES string of the molecule is CC1S[C@@H]2C(NC(=O)C(NC(=O)CSc3nncs3)c3ccccc3)C(=O)N2C=C1C(=O)OCC(Cl)(Cl)Cl. The van der Waals surface area contributed by atoms with E-state index in [-0.39, 0.29) is 22.5 Å². The van der Waals surface area contributed by atoms with Crippen molar-refractivity contribution in [1.82, 2.24) is 25.7 Å². The van der Waals surface area contributed by atoms with Gasteiger partial charge in [0.05, 0.1) is 11.3 Å². The molecule has 2 aromatic rings. The Morgan fingerprint density at radius 3 is 2.63 bits per heavy atom. The number of carbonyl (C=O) groups is 4. The van der Waals surface area contributed by atoms with Gasteiger partial charge < -0.3 is 20.3 Å². The van der Waals surface area contributed by atoms with Gasteiger partial charge in [-0.05, 0) is 12.5 Å². The van der Waals surface area contributed by atoms with Crippen LogP contribution in [0.2, 0.25) is 0 Å². The Labute approximate surface area is 245 Å². The molecule has 3 unspecified atom stereocenters. The molecule has 1 fully saturated rings. The molecule has 0 saturated carbocycles. The van der Waals surface area contributed by atoms with Gasteiger partial charge in [-0.25, -0.2) is 4.79 Å². The molecule has 202 valence electrons. The van der Waals surface area contributed by atoms with Gasteiger partial charge in [0.25, 0.3) is 5.91 Å². The first-order valence-corrected chi connectivity index (χ1v) is 14.9. The highest BCUT2D eigenvalue weighted by atomic mass is 35.6. The van der Waals surface area contributed by atoms with Crippen molar-refractivity contribution in [2.75, 3.05) is 12.4 Å². The number of thioether (sulfide) groups is 2. The average molecular weight is 637 g/mol. The summed E-state index contributed by atoms with van der Waals surface area (Å²) in [6, 6.07) is 6.86. The summed E-state index contributed by atoms with van der Waals surface area (Å²) in [6.45, 7) is 1.34. The number of aromatic nitrogens is 2. The van der Waals surface area contributed by atoms with Gasteiger partial charge in [0.15, 0.2) is 4.34 Å². The second kappa shape index (κ2) is 12.4. The van der Waals surface area contributed by atoms with E-state index in [1.807, 2.05) is 0 Å². The second-order valence-corrected chi connectivity index (χ2v) is 14.1. The lowest BCUT2D eigenvalue weighted by Crippen LogP contribution is -2.69. The number of rotatable bonds is 9. The summed E-state index contributed by atoms with van der Waals surface area (Å²) in [7, 11) is 0. The van der Waals surface area contributed by atoms with E-state index in [2.05, 4.69) is 20.8 Å². The van der Waals surface area contributed by atoms with Gasteiger partial charge >= 0.3 is 5.97 Å². The van der Waals surface area contributed by atoms with Crippen molar-refractivity contribution in [2.24, 2.45) is 0 Å². The zero-order valence-electron chi connectivity index (χ0n) is 19.5. The Morgan fingerprint density at radius 2 is 1.97 bits per heavy atom. The van der Waals surface area contributed by atoms with Crippen LogP contribution < -0.4 is 10.6 Å². The molecule has 38 heavy (non-hydrogen) atoms. The van der Waals surface area contributed by atoms with Gasteiger partial charge in [-0.2, -0.15) is 0 Å². The maximum atomic E-state index is 13.3. The van der Waals surface area contributed by atoms with Crippen molar-refractivity contribution in [1.29, 1.82) is 0 Å². The molecule has 4 atom stereocenters. The number of benzene rings is 1. The molecule has 2 aliphatic heterocycles. The number of esters is 1. The van der Waals surface area contributed by atoms with E-state index >= 15 is 0 Å². The van der Waals surface area contributed by atoms with Gasteiger partial charge in [0.2, 0.25) is 15.6 Å². The molecule has 3 heterocycles. The summed E-state index contributed by atoms with van der Waals surface area (Å²) in [5.74, 6) is -1.97. The van der Waals surface area contributed by atoms with Crippen molar-refractivity contribution < 1.29 is 23.9 Å². The van der Waals surface area contributed by atoms with E-state index < -0.39 is 45.6 Å². The maximum absolute atomic E-state index is 13.3. The topological polar surface area (TPSA) is 131 Å². The van der Waals surface area contributed by atoms with E-state index in [1.54, 1.807) is 42.8 Å². The molecule has 1 aromatic carbocycles. The largest absolute Gasteiger partial charge is 0.458 e. The molecular weight excluding hydrogens is 617 g/mol. The van der Waals surface area contributed by atoms with Gasteiger partial charge in [0.1, 0.15) is 29.6 Å². The van der Waals surface area contributed by atoms with Gasteiger partial charge in [-0.15, -0.1) is 22.0 Å². The lowest BCUT2D eigenvalue weighted by Gasteiger charge is -2.48. The molecule has 4 rings (SSSR count). The minimum absolute atomic E-state index is 0.0416. The van der Waals surface area contributed by atoms with Crippen LogP contribution in [0.1, 0.15) is 18.5 Å². The summed E-state index contributed by atoms with van der Waals surface area (Å²) in [5, 5.41) is 12.3. The van der Waals surface area contributed by atoms with Crippen molar-refractivity contribution in [3.8, 4) is 0 Å². The number of β-lactam (4-membered cyclic amide) rings is 1. The maximum Gasteiger partial charge on any atom is 0.336 e. The molecule has 3 amide bonds. The van der Waals surface area contributed by atoms with Crippen LogP contribution in [0, 0.1) is 0 Å². The highest BCUT2D eigenvalue weighted by Crippen LogP contribution is 2.41. The van der Waals surface area contributed by atoms with Crippen LogP contribution in [0.15, 0.2) is 52.0 Å². The fourth-order valence-corrected chi connectivity index (χ4v) is 6.45. The fourth-order valence-electron chi connectivity index (χ4n) is 3.63. The predicted octanol–water partition coefficient (Wildman–Crippen LogP) is 3.07. The van der Waals surface area contributed by atoms with E-state index in [9.17, 15) is 19.2 Å². The lowest BCUT2D eigenvalue weighted by molar-refractivity contribution is -0.145. The van der Waals surface area contributed by atoms with Crippen molar-refractivity contribution in [3.63, 3.8) is 0 Å². The molecule has 0 spiro atoms. The Kier molecular flexibility index (Phi) is 9.48. The number of hydrogen-bond donors (Lipinski definition) is 2. The number of hydrogen-bond acceptors (Lipinski definition) is 10. The number of alkyl halides is 3. The normalized spacial score (nSPS) is 21.5. The fraction of sp³-hybridized carbons (Fsp3) is 0.364. The zero-order valence-corrected chi connectivity index (χ0v) is 24.2. The Hall–Kier alpha value is -2.03. The van der Waals surface area contributed by atoms with Crippen LogP contribution in [-0.2, 0) is 23.9 Å². The third-order valence-electron chi connectivity index (χ3n) is 5.41. The highest BCUT2D eigenvalue weighted by molar-refractivity contribution is 8.01. The molecular formula is C22H20Cl3N5O5S3. The smallest absolute Gasteiger partial charge is 0.336 e. The lowest BCUT2D eigenvalue weighted by atomic mass is 10.0. The Balaban J connectivity index is 1.41. The first-order chi connectivity index (χ1) is 18.0. The number of amides is 3. The summed E-state index contributed by atoms with van der Waals surface area (Å²) in [5.41, 5.74) is 2.36. The van der Waals surface area contributed by atoms with Gasteiger partial charge in [-0.1, -0.05) is 88.2 Å². The summed E-state index contributed by atoms with van der Waals surface area (Å²) >= 11 is 20.7. The average Bonchev–Trinajstić information content (AvgIpc) is 3.41. The second-order valence-electron chi connectivity index (χ2n) is 8.08. The van der Waals surface area contributed by atoms with Crippen molar-refractivity contribution in [2.45, 2.75) is 37.8 Å². The number of fused-ring (bicyclic) bond motifs is 1. The van der Waals surface area contributed by atoms with Crippen LogP contribution in [0.3, 0.4) is 0 Å². The van der Waals surface area contributed by atoms with Crippen molar-refractivity contribution in [3.05, 3.63) is 53.2 Å². The van der Waals surface area contributed by atoms with Crippen molar-refractivity contribution >= 4 is 93.4 Å². The molecule has 10 nitrogen and oxygen atoms in total. The first-order valence-electron chi connectivity index (χ1n) is 11.0. The van der Waals surface area contributed by atoms with Crippen LogP contribution >= 0.6 is 69.7 Å². The molecule has 2 N–H and O–H groups in total. The van der Waals surface area contributed by atoms with Crippen LogP contribution in [0.4, 0.5) is 0 Å². The van der Waals surface area contributed by atoms with E-state index in [4.69, 9.17) is 39.5 Å². The highest BCUT2D eigenvalue weighted by Gasteiger charge is 2.52. The van der Waals surface area contributed by atoms with E-state index in [0.29, 0.717) is 9.90 Å². The van der Waals surface area contributed by atoms with Crippen LogP contribution in [0.25, 0.3) is 0 Å². The molecule has 1 saturated heterocycles. The number of nitrogens with zero attached hydrogens (tertiary/aromatic N) is 3. The molecule has 0 aliphatic carbocycles. The number of carbonyl (C=O) groups excluding carboxylic acids is 4. The standard InChI is InChI=1S/C22H20Cl3N5O5S3/c1-11-13(20(34)35-9-22(23,24)25)7-30-18(33)16(19(30)38-11)28-17(32)15(12-5-3-2-4-6-12)27-14(31)8-36-21-29-26-10-37-21/h2-7,10-11,15-16,19H,8-9H2,1H3,(H,27,31)(H,28,32)/t11?,15?,16?,19-/m1/s1. The Morgan fingerprint density at radius 1 is 1.24 bits per heavy atom. The number of ether oxygens (including phenoxy) is 1. The van der Waals surface area contributed by atoms with E-state index in [1.165, 1.54) is 46.0 Å². The summed E-state index contributed by atoms with van der Waals surface area (Å²) in [6.07, 6.45) is 1.40. The zero-order chi connectivity index (χ0) is 27.4. The third-order valence-corrected chi connectivity index (χ3v) is 9.04. The van der Waals surface area contributed by atoms with Gasteiger partial charge in [0, 0.05) is 11.4 Å². The molecule has 16 heteroatoms. The van der Waals surface area contributed by atoms with Crippen LogP contribution in [0.5, 0.6) is 0 Å². The molecule has 0 radical (unpaired) electrons. The predicted molar refractivity (Wildman–Crippen MR) is 147 cm³/mol. The molecule has 1 aromatic heterocycles. The minimum Gasteiger partial charge on any atom is -0.458 e. The molecule has 2 aliphatic rings. The minimum atomic E-state index is -1.76. The third kappa shape index (κ3) is 7.13. The monoisotopic (exact) mass is 635 g/mol. The van der Waals surface area contributed by atoms with Gasteiger partial charge in [-0.3, -0.25) is 14.4 Å². The number of halogens is 3. The van der Waals surface area contributed by atoms with Crippen LogP contribution in [-0.4, -0.2) is 71.6 Å². The first kappa shape index (κ1) is 29.0. The Bertz CT molecular complexity index is 1230. The quantitative estimate of drug-likeness (QED) is 0.185. The van der Waals surface area contributed by atoms with E-state index in [0.717, 1.165) is 0 Å². The summed E-state index contributed by atoms with van der Waals surface area (Å²) in [4.78, 5) is 52.6. The summed E-state index contributed by atoms with van der Waals surface area (Å²) < 4.78 is 3.91. The molecule has 0 bridgehead atoms. The number of nitrogens with one attached hydrogen (secondary N) is 2.